The van der Waals surface area contributed by atoms with Gasteiger partial charge in [-0.15, -0.1) is 0 Å². The van der Waals surface area contributed by atoms with Crippen LogP contribution in [0.4, 0.5) is 0 Å². The Hall–Kier alpha value is -1.07. The topological polar surface area (TPSA) is 55.4 Å². The van der Waals surface area contributed by atoms with Gasteiger partial charge >= 0.3 is 0 Å². The van der Waals surface area contributed by atoms with E-state index in [-0.39, 0.29) is 18.1 Å². The number of likely N-dealkylation sites (N-methyl/N-ethyl adjacent to an activating group) is 1. The lowest BCUT2D eigenvalue weighted by molar-refractivity contribution is 0.340. The average molecular weight is 313 g/mol. The molecule has 1 unspecified atom stereocenters. The smallest absolute Gasteiger partial charge is 0.153 e. The van der Waals surface area contributed by atoms with Crippen LogP contribution in [0.2, 0.25) is 0 Å². The Kier molecular flexibility index (Phi) is 7.75. The van der Waals surface area contributed by atoms with E-state index in [2.05, 4.69) is 19.2 Å². The van der Waals surface area contributed by atoms with Crippen molar-refractivity contribution >= 4 is 9.84 Å². The highest BCUT2D eigenvalue weighted by Gasteiger charge is 2.09. The monoisotopic (exact) mass is 313 g/mol. The molecule has 0 heterocycles. The summed E-state index contributed by atoms with van der Waals surface area (Å²) in [5, 5.41) is 3.37. The van der Waals surface area contributed by atoms with Gasteiger partial charge < -0.3 is 10.1 Å². The molecule has 0 radical (unpaired) electrons. The Morgan fingerprint density at radius 3 is 2.38 bits per heavy atom. The zero-order valence-corrected chi connectivity index (χ0v) is 14.1. The molecule has 0 amide bonds. The molecule has 0 saturated heterocycles. The zero-order chi connectivity index (χ0) is 15.7. The fraction of sp³-hybridized carbons (Fsp3) is 0.625. The molecular formula is C16H27NO3S. The third kappa shape index (κ3) is 7.48. The lowest BCUT2D eigenvalue weighted by Gasteiger charge is -2.12. The number of rotatable bonds is 10. The maximum Gasteiger partial charge on any atom is 0.153 e. The van der Waals surface area contributed by atoms with Crippen molar-refractivity contribution < 1.29 is 13.2 Å². The van der Waals surface area contributed by atoms with E-state index in [1.54, 1.807) is 0 Å². The van der Waals surface area contributed by atoms with Gasteiger partial charge in [0.05, 0.1) is 11.5 Å². The molecule has 0 aliphatic carbocycles. The molecule has 4 nitrogen and oxygen atoms in total. The number of benzene rings is 1. The van der Waals surface area contributed by atoms with E-state index < -0.39 is 9.84 Å². The van der Waals surface area contributed by atoms with Crippen LogP contribution in [0.25, 0.3) is 0 Å². The number of hydrogen-bond acceptors (Lipinski definition) is 4. The van der Waals surface area contributed by atoms with Gasteiger partial charge in [0.2, 0.25) is 0 Å². The summed E-state index contributed by atoms with van der Waals surface area (Å²) in [6.45, 7) is 7.31. The molecule has 5 heteroatoms. The Balaban J connectivity index is 2.41. The second-order valence-corrected chi connectivity index (χ2v) is 7.61. The maximum atomic E-state index is 11.6. The van der Waals surface area contributed by atoms with Crippen molar-refractivity contribution in [1.29, 1.82) is 0 Å². The van der Waals surface area contributed by atoms with Crippen LogP contribution in [-0.2, 0) is 16.3 Å². The van der Waals surface area contributed by atoms with Gasteiger partial charge in [-0.05, 0) is 44.0 Å². The van der Waals surface area contributed by atoms with E-state index in [1.165, 1.54) is 5.56 Å². The highest BCUT2D eigenvalue weighted by molar-refractivity contribution is 7.91. The number of nitrogens with one attached hydrogen (secondary N) is 1. The first kappa shape index (κ1) is 18.0. The molecular weight excluding hydrogens is 286 g/mol. The lowest BCUT2D eigenvalue weighted by atomic mass is 10.1. The predicted octanol–water partition coefficient (Wildman–Crippen LogP) is 2.43. The number of ether oxygens (including phenoxy) is 1. The predicted molar refractivity (Wildman–Crippen MR) is 87.7 cm³/mol. The Bertz CT molecular complexity index is 497. The largest absolute Gasteiger partial charge is 0.493 e. The standard InChI is InChI=1S/C16H27NO3S/c1-4-11-21(18,19)12-10-20-16-8-6-15(7-9-16)13-14(3)17-5-2/h6-9,14,17H,4-5,10-13H2,1-3H3. The molecule has 0 fully saturated rings. The highest BCUT2D eigenvalue weighted by Crippen LogP contribution is 2.13. The minimum Gasteiger partial charge on any atom is -0.493 e. The van der Waals surface area contributed by atoms with Crippen molar-refractivity contribution in [3.63, 3.8) is 0 Å². The van der Waals surface area contributed by atoms with Crippen molar-refractivity contribution in [3.05, 3.63) is 29.8 Å². The van der Waals surface area contributed by atoms with Gasteiger partial charge in [0, 0.05) is 6.04 Å². The first-order valence-corrected chi connectivity index (χ1v) is 9.44. The fourth-order valence-electron chi connectivity index (χ4n) is 2.20. The molecule has 0 aliphatic heterocycles. The van der Waals surface area contributed by atoms with Crippen LogP contribution >= 0.6 is 0 Å². The number of hydrogen-bond donors (Lipinski definition) is 1. The van der Waals surface area contributed by atoms with E-state index in [9.17, 15) is 8.42 Å². The van der Waals surface area contributed by atoms with Crippen LogP contribution in [0.3, 0.4) is 0 Å². The second-order valence-electron chi connectivity index (χ2n) is 5.31. The van der Waals surface area contributed by atoms with Crippen LogP contribution < -0.4 is 10.1 Å². The third-order valence-electron chi connectivity index (χ3n) is 3.20. The Morgan fingerprint density at radius 1 is 1.14 bits per heavy atom. The molecule has 0 bridgehead atoms. The van der Waals surface area contributed by atoms with Gasteiger partial charge in [0.15, 0.2) is 9.84 Å². The summed E-state index contributed by atoms with van der Waals surface area (Å²) in [5.41, 5.74) is 1.24. The first-order chi connectivity index (χ1) is 9.96. The fourth-order valence-corrected chi connectivity index (χ4v) is 3.36. The maximum absolute atomic E-state index is 11.6. The van der Waals surface area contributed by atoms with Gasteiger partial charge in [0.1, 0.15) is 12.4 Å². The molecule has 1 atom stereocenters. The van der Waals surface area contributed by atoms with Gasteiger partial charge in [-0.3, -0.25) is 0 Å². The summed E-state index contributed by atoms with van der Waals surface area (Å²) < 4.78 is 28.6. The zero-order valence-electron chi connectivity index (χ0n) is 13.3. The van der Waals surface area contributed by atoms with Crippen molar-refractivity contribution in [2.45, 2.75) is 39.7 Å². The summed E-state index contributed by atoms with van der Waals surface area (Å²) in [6.07, 6.45) is 1.63. The van der Waals surface area contributed by atoms with Gasteiger partial charge in [-0.2, -0.15) is 0 Å². The van der Waals surface area contributed by atoms with Crippen molar-refractivity contribution in [2.75, 3.05) is 24.7 Å². The van der Waals surface area contributed by atoms with E-state index >= 15 is 0 Å². The SMILES string of the molecule is CCCS(=O)(=O)CCOc1ccc(CC(C)NCC)cc1. The molecule has 0 aromatic heterocycles. The molecule has 120 valence electrons. The van der Waals surface area contributed by atoms with Crippen LogP contribution in [0, 0.1) is 0 Å². The molecule has 0 saturated carbocycles. The van der Waals surface area contributed by atoms with Crippen molar-refractivity contribution in [3.8, 4) is 5.75 Å². The summed E-state index contributed by atoms with van der Waals surface area (Å²) >= 11 is 0. The lowest BCUT2D eigenvalue weighted by Crippen LogP contribution is -2.27. The quantitative estimate of drug-likeness (QED) is 0.721. The Labute approximate surface area is 128 Å². The van der Waals surface area contributed by atoms with Crippen molar-refractivity contribution in [2.24, 2.45) is 0 Å². The van der Waals surface area contributed by atoms with Crippen LogP contribution in [0.5, 0.6) is 5.75 Å². The van der Waals surface area contributed by atoms with Crippen LogP contribution in [0.15, 0.2) is 24.3 Å². The minimum atomic E-state index is -2.97. The first-order valence-electron chi connectivity index (χ1n) is 7.62. The van der Waals surface area contributed by atoms with Gasteiger partial charge in [-0.1, -0.05) is 26.0 Å². The number of sulfone groups is 1. The van der Waals surface area contributed by atoms with E-state index in [0.717, 1.165) is 18.7 Å². The van der Waals surface area contributed by atoms with E-state index in [0.29, 0.717) is 12.5 Å². The van der Waals surface area contributed by atoms with E-state index in [4.69, 9.17) is 4.74 Å². The van der Waals surface area contributed by atoms with Crippen LogP contribution in [-0.4, -0.2) is 39.1 Å². The Morgan fingerprint density at radius 2 is 1.81 bits per heavy atom. The molecule has 0 aliphatic rings. The average Bonchev–Trinajstić information content (AvgIpc) is 2.40. The van der Waals surface area contributed by atoms with E-state index in [1.807, 2.05) is 31.2 Å². The minimum absolute atomic E-state index is 0.0834. The highest BCUT2D eigenvalue weighted by atomic mass is 32.2. The molecule has 0 spiro atoms. The van der Waals surface area contributed by atoms with Gasteiger partial charge in [-0.25, -0.2) is 8.42 Å². The summed E-state index contributed by atoms with van der Waals surface area (Å²) in [4.78, 5) is 0. The normalized spacial score (nSPS) is 13.1. The molecule has 1 N–H and O–H groups in total. The molecule has 1 aromatic rings. The molecule has 1 aromatic carbocycles. The van der Waals surface area contributed by atoms with Crippen LogP contribution in [0.1, 0.15) is 32.8 Å². The second kappa shape index (κ2) is 9.05. The molecule has 21 heavy (non-hydrogen) atoms. The molecule has 1 rings (SSSR count). The summed E-state index contributed by atoms with van der Waals surface area (Å²) in [6, 6.07) is 8.31. The summed E-state index contributed by atoms with van der Waals surface area (Å²) in [7, 11) is -2.97. The summed E-state index contributed by atoms with van der Waals surface area (Å²) in [5.74, 6) is 1.04. The third-order valence-corrected chi connectivity index (χ3v) is 5.01. The van der Waals surface area contributed by atoms with Gasteiger partial charge in [0.25, 0.3) is 0 Å². The van der Waals surface area contributed by atoms with Crippen molar-refractivity contribution in [1.82, 2.24) is 5.32 Å².